The number of carboxylic acids is 1. The number of aryl methyl sites for hydroxylation is 2. The van der Waals surface area contributed by atoms with Gasteiger partial charge in [0.25, 0.3) is 0 Å². The predicted molar refractivity (Wildman–Crippen MR) is 142 cm³/mol. The van der Waals surface area contributed by atoms with Gasteiger partial charge in [-0.15, -0.1) is 0 Å². The van der Waals surface area contributed by atoms with Crippen LogP contribution in [-0.2, 0) is 28.8 Å². The van der Waals surface area contributed by atoms with Gasteiger partial charge in [-0.2, -0.15) is 0 Å². The van der Waals surface area contributed by atoms with Gasteiger partial charge < -0.3 is 25.4 Å². The molecule has 2 atom stereocenters. The van der Waals surface area contributed by atoms with E-state index in [1.54, 1.807) is 12.1 Å². The smallest absolute Gasteiger partial charge is 0.408 e. The zero-order valence-corrected chi connectivity index (χ0v) is 21.8. The quantitative estimate of drug-likeness (QED) is 0.348. The molecule has 1 fully saturated rings. The van der Waals surface area contributed by atoms with Crippen molar-refractivity contribution in [1.82, 2.24) is 15.2 Å². The number of hydrogen-bond acceptors (Lipinski definition) is 6. The van der Waals surface area contributed by atoms with E-state index in [1.165, 1.54) is 11.6 Å². The first-order valence-corrected chi connectivity index (χ1v) is 13.9. The standard InChI is InChI=1S/C29H37FN4O4/c30-24-8-3-7-23-22(24)13-14-26(23)38-29(37)33-25(28(35)36)15-18-34(21-11-12-21)17-2-1-6-20-10-9-19-5-4-16-31-27(19)32-20/h3,7-10,21,25-26H,1-2,4-6,11-18H2,(H,31,32)(H,33,37)(H,35,36). The number of ether oxygens (including phenoxy) is 1. The molecule has 2 aromatic rings. The summed E-state index contributed by atoms with van der Waals surface area (Å²) in [6, 6.07) is 8.53. The van der Waals surface area contributed by atoms with Crippen LogP contribution in [0.4, 0.5) is 15.0 Å². The summed E-state index contributed by atoms with van der Waals surface area (Å²) >= 11 is 0. The average Bonchev–Trinajstić information content (AvgIpc) is 3.68. The molecular weight excluding hydrogens is 487 g/mol. The number of hydrogen-bond donors (Lipinski definition) is 3. The topological polar surface area (TPSA) is 104 Å². The maximum absolute atomic E-state index is 14.0. The largest absolute Gasteiger partial charge is 0.480 e. The first kappa shape index (κ1) is 26.4. The van der Waals surface area contributed by atoms with Gasteiger partial charge in [0.2, 0.25) is 0 Å². The van der Waals surface area contributed by atoms with Crippen molar-refractivity contribution < 1.29 is 23.8 Å². The summed E-state index contributed by atoms with van der Waals surface area (Å²) in [6.45, 7) is 2.48. The Morgan fingerprint density at radius 3 is 2.84 bits per heavy atom. The molecule has 8 nitrogen and oxygen atoms in total. The summed E-state index contributed by atoms with van der Waals surface area (Å²) in [4.78, 5) is 31.5. The highest BCUT2D eigenvalue weighted by Crippen LogP contribution is 2.35. The molecule has 3 aliphatic rings. The van der Waals surface area contributed by atoms with Crippen LogP contribution in [0, 0.1) is 5.82 Å². The summed E-state index contributed by atoms with van der Waals surface area (Å²) in [5.41, 5.74) is 3.64. The van der Waals surface area contributed by atoms with E-state index in [2.05, 4.69) is 27.7 Å². The Balaban J connectivity index is 1.07. The lowest BCUT2D eigenvalue weighted by atomic mass is 10.1. The number of rotatable bonds is 12. The van der Waals surface area contributed by atoms with Crippen LogP contribution in [0.15, 0.2) is 30.3 Å². The van der Waals surface area contributed by atoms with Crippen LogP contribution in [0.25, 0.3) is 0 Å². The maximum Gasteiger partial charge on any atom is 0.408 e. The molecular formula is C29H37FN4O4. The van der Waals surface area contributed by atoms with Crippen molar-refractivity contribution in [2.45, 2.75) is 82.4 Å². The van der Waals surface area contributed by atoms with Crippen molar-refractivity contribution in [3.05, 3.63) is 58.5 Å². The van der Waals surface area contributed by atoms with Crippen molar-refractivity contribution in [2.24, 2.45) is 0 Å². The van der Waals surface area contributed by atoms with Gasteiger partial charge in [-0.05, 0) is 99.6 Å². The van der Waals surface area contributed by atoms with Crippen LogP contribution in [0.2, 0.25) is 0 Å². The number of aliphatic carboxylic acids is 1. The Hall–Kier alpha value is -3.20. The van der Waals surface area contributed by atoms with Crippen LogP contribution in [0.5, 0.6) is 0 Å². The van der Waals surface area contributed by atoms with E-state index in [9.17, 15) is 19.1 Å². The molecule has 204 valence electrons. The Labute approximate surface area is 223 Å². The molecule has 1 aromatic heterocycles. The minimum absolute atomic E-state index is 0.298. The Morgan fingerprint density at radius 2 is 2.03 bits per heavy atom. The molecule has 1 saturated carbocycles. The minimum Gasteiger partial charge on any atom is -0.480 e. The van der Waals surface area contributed by atoms with Crippen LogP contribution in [0.1, 0.15) is 73.4 Å². The Bertz CT molecular complexity index is 1160. The number of amides is 1. The number of pyridine rings is 1. The van der Waals surface area contributed by atoms with E-state index in [1.807, 2.05) is 0 Å². The molecule has 1 aliphatic heterocycles. The number of nitrogens with zero attached hydrogens (tertiary/aromatic N) is 2. The lowest BCUT2D eigenvalue weighted by molar-refractivity contribution is -0.139. The molecule has 5 rings (SSSR count). The van der Waals surface area contributed by atoms with Crippen LogP contribution in [-0.4, -0.2) is 58.8 Å². The fourth-order valence-corrected chi connectivity index (χ4v) is 5.60. The monoisotopic (exact) mass is 524 g/mol. The zero-order valence-electron chi connectivity index (χ0n) is 21.8. The number of aromatic nitrogens is 1. The highest BCUT2D eigenvalue weighted by atomic mass is 19.1. The average molecular weight is 525 g/mol. The molecule has 2 aliphatic carbocycles. The molecule has 38 heavy (non-hydrogen) atoms. The molecule has 0 saturated heterocycles. The number of carboxylic acid groups (broad SMARTS) is 1. The summed E-state index contributed by atoms with van der Waals surface area (Å²) in [5, 5.41) is 15.6. The number of carbonyl (C=O) groups excluding carboxylic acids is 1. The van der Waals surface area contributed by atoms with Crippen LogP contribution < -0.4 is 10.6 Å². The molecule has 0 spiro atoms. The van der Waals surface area contributed by atoms with Crippen LogP contribution >= 0.6 is 0 Å². The van der Waals surface area contributed by atoms with E-state index in [-0.39, 0.29) is 5.82 Å². The van der Waals surface area contributed by atoms with Crippen LogP contribution in [0.3, 0.4) is 0 Å². The summed E-state index contributed by atoms with van der Waals surface area (Å²) < 4.78 is 19.5. The van der Waals surface area contributed by atoms with E-state index >= 15 is 0 Å². The van der Waals surface area contributed by atoms with Crippen molar-refractivity contribution in [1.29, 1.82) is 0 Å². The van der Waals surface area contributed by atoms with Gasteiger partial charge in [-0.25, -0.2) is 19.0 Å². The molecule has 2 unspecified atom stereocenters. The second kappa shape index (κ2) is 12.1. The number of nitrogens with one attached hydrogen (secondary N) is 2. The first-order valence-electron chi connectivity index (χ1n) is 13.9. The number of anilines is 1. The van der Waals surface area contributed by atoms with Gasteiger partial charge in [-0.1, -0.05) is 18.2 Å². The molecule has 0 radical (unpaired) electrons. The lowest BCUT2D eigenvalue weighted by Crippen LogP contribution is -2.44. The molecule has 9 heteroatoms. The molecule has 1 aromatic carbocycles. The zero-order chi connectivity index (χ0) is 26.5. The van der Waals surface area contributed by atoms with E-state index in [0.29, 0.717) is 43.0 Å². The van der Waals surface area contributed by atoms with Crippen molar-refractivity contribution in [3.63, 3.8) is 0 Å². The molecule has 1 amide bonds. The summed E-state index contributed by atoms with van der Waals surface area (Å²) in [7, 11) is 0. The van der Waals surface area contributed by atoms with E-state index in [4.69, 9.17) is 9.72 Å². The molecule has 3 N–H and O–H groups in total. The Kier molecular flexibility index (Phi) is 8.42. The minimum atomic E-state index is -1.08. The van der Waals surface area contributed by atoms with Gasteiger partial charge in [0.15, 0.2) is 0 Å². The Morgan fingerprint density at radius 1 is 1.16 bits per heavy atom. The number of unbranched alkanes of at least 4 members (excludes halogenated alkanes) is 1. The third kappa shape index (κ3) is 6.62. The maximum atomic E-state index is 14.0. The number of benzene rings is 1. The number of halogens is 1. The lowest BCUT2D eigenvalue weighted by Gasteiger charge is -2.24. The fourth-order valence-electron chi connectivity index (χ4n) is 5.60. The number of carbonyl (C=O) groups is 2. The van der Waals surface area contributed by atoms with Crippen molar-refractivity contribution in [3.8, 4) is 0 Å². The summed E-state index contributed by atoms with van der Waals surface area (Å²) in [6.07, 6.45) is 7.41. The van der Waals surface area contributed by atoms with E-state index in [0.717, 1.165) is 69.5 Å². The highest BCUT2D eigenvalue weighted by molar-refractivity contribution is 5.80. The summed E-state index contributed by atoms with van der Waals surface area (Å²) in [5.74, 6) is -0.348. The van der Waals surface area contributed by atoms with Crippen molar-refractivity contribution >= 4 is 17.9 Å². The third-order valence-electron chi connectivity index (χ3n) is 7.85. The van der Waals surface area contributed by atoms with Gasteiger partial charge >= 0.3 is 12.1 Å². The van der Waals surface area contributed by atoms with Gasteiger partial charge in [-0.3, -0.25) is 0 Å². The molecule has 0 bridgehead atoms. The van der Waals surface area contributed by atoms with E-state index < -0.39 is 24.2 Å². The predicted octanol–water partition coefficient (Wildman–Crippen LogP) is 4.62. The third-order valence-corrected chi connectivity index (χ3v) is 7.85. The fraction of sp³-hybridized carbons (Fsp3) is 0.552. The van der Waals surface area contributed by atoms with Gasteiger partial charge in [0.05, 0.1) is 0 Å². The second-order valence-corrected chi connectivity index (χ2v) is 10.6. The SMILES string of the molecule is O=C(NC(CCN(CCCCc1ccc2c(n1)NCCC2)C1CC1)C(=O)O)OC1CCc2c(F)cccc21. The second-order valence-electron chi connectivity index (χ2n) is 10.6. The number of fused-ring (bicyclic) bond motifs is 2. The van der Waals surface area contributed by atoms with Crippen molar-refractivity contribution in [2.75, 3.05) is 25.0 Å². The number of alkyl carbamates (subject to hydrolysis) is 1. The molecule has 2 heterocycles. The first-order chi connectivity index (χ1) is 18.5. The van der Waals surface area contributed by atoms with Gasteiger partial charge in [0.1, 0.15) is 23.8 Å². The highest BCUT2D eigenvalue weighted by Gasteiger charge is 2.32. The van der Waals surface area contributed by atoms with Gasteiger partial charge in [0, 0.05) is 24.8 Å². The normalized spacial score (nSPS) is 18.8.